The van der Waals surface area contributed by atoms with Crippen LogP contribution in [0.15, 0.2) is 54.7 Å². The second-order valence-corrected chi connectivity index (χ2v) is 5.92. The Labute approximate surface area is 143 Å². The van der Waals surface area contributed by atoms with E-state index in [-0.39, 0.29) is 5.91 Å². The van der Waals surface area contributed by atoms with Crippen LogP contribution in [-0.2, 0) is 0 Å². The van der Waals surface area contributed by atoms with Gasteiger partial charge in [0, 0.05) is 29.5 Å². The van der Waals surface area contributed by atoms with Gasteiger partial charge >= 0.3 is 0 Å². The number of nitrogens with one attached hydrogen (secondary N) is 2. The van der Waals surface area contributed by atoms with Crippen molar-refractivity contribution in [2.45, 2.75) is 0 Å². The Hall–Kier alpha value is -2.85. The molecule has 4 aromatic rings. The van der Waals surface area contributed by atoms with Crippen LogP contribution in [0.3, 0.4) is 0 Å². The zero-order chi connectivity index (χ0) is 16.7. The number of aromatic amines is 1. The average Bonchev–Trinajstić information content (AvgIpc) is 3.05. The van der Waals surface area contributed by atoms with E-state index < -0.39 is 0 Å². The summed E-state index contributed by atoms with van der Waals surface area (Å²) < 4.78 is 0. The van der Waals surface area contributed by atoms with Gasteiger partial charge in [0.2, 0.25) is 0 Å². The van der Waals surface area contributed by atoms with E-state index in [9.17, 15) is 4.79 Å². The summed E-state index contributed by atoms with van der Waals surface area (Å²) in [6, 6.07) is 15.9. The maximum absolute atomic E-state index is 11.9. The number of benzene rings is 2. The first-order valence-corrected chi connectivity index (χ1v) is 7.93. The Kier molecular flexibility index (Phi) is 3.47. The lowest BCUT2D eigenvalue weighted by atomic mass is 9.99. The van der Waals surface area contributed by atoms with E-state index in [2.05, 4.69) is 21.4 Å². The zero-order valence-corrected chi connectivity index (χ0v) is 13.7. The zero-order valence-electron chi connectivity index (χ0n) is 12.9. The number of carbonyl (C=O) groups is 1. The molecule has 0 spiro atoms. The minimum absolute atomic E-state index is 0.131. The Bertz CT molecular complexity index is 1080. The van der Waals surface area contributed by atoms with E-state index in [1.54, 1.807) is 13.2 Å². The molecule has 2 N–H and O–H groups in total. The van der Waals surface area contributed by atoms with Gasteiger partial charge in [-0.1, -0.05) is 35.9 Å². The van der Waals surface area contributed by atoms with E-state index in [0.29, 0.717) is 10.8 Å². The molecule has 0 fully saturated rings. The fourth-order valence-corrected chi connectivity index (χ4v) is 3.20. The summed E-state index contributed by atoms with van der Waals surface area (Å²) >= 11 is 6.14. The molecule has 0 bridgehead atoms. The highest BCUT2D eigenvalue weighted by Crippen LogP contribution is 2.32. The van der Waals surface area contributed by atoms with Gasteiger partial charge in [-0.15, -0.1) is 0 Å². The third kappa shape index (κ3) is 2.32. The van der Waals surface area contributed by atoms with Crippen LogP contribution in [0.25, 0.3) is 32.8 Å². The quantitative estimate of drug-likeness (QED) is 0.533. The maximum Gasteiger partial charge on any atom is 0.267 e. The molecule has 0 saturated carbocycles. The number of nitrogens with zero attached hydrogens (tertiary/aromatic N) is 1. The Balaban J connectivity index is 1.93. The standard InChI is InChI=1S/C19H14ClN3O/c1-21-19(24)17-10-15-13(3-2-4-16(15)23-17)11-5-6-14-12(9-11)7-8-22-18(14)20/h2-10,23H,1H3,(H,21,24). The molecule has 0 aliphatic carbocycles. The molecule has 24 heavy (non-hydrogen) atoms. The summed E-state index contributed by atoms with van der Waals surface area (Å²) in [4.78, 5) is 19.1. The van der Waals surface area contributed by atoms with Gasteiger partial charge in [0.05, 0.1) is 0 Å². The van der Waals surface area contributed by atoms with Crippen LogP contribution in [0.1, 0.15) is 10.5 Å². The molecule has 2 aromatic heterocycles. The monoisotopic (exact) mass is 335 g/mol. The van der Waals surface area contributed by atoms with Gasteiger partial charge in [-0.2, -0.15) is 0 Å². The fraction of sp³-hybridized carbons (Fsp3) is 0.0526. The van der Waals surface area contributed by atoms with Gasteiger partial charge < -0.3 is 10.3 Å². The number of aromatic nitrogens is 2. The molecule has 2 aromatic carbocycles. The van der Waals surface area contributed by atoms with Crippen molar-refractivity contribution in [1.82, 2.24) is 15.3 Å². The van der Waals surface area contributed by atoms with Crippen LogP contribution in [0.4, 0.5) is 0 Å². The van der Waals surface area contributed by atoms with Gasteiger partial charge in [0.25, 0.3) is 5.91 Å². The number of halogens is 1. The first-order chi connectivity index (χ1) is 11.7. The Morgan fingerprint density at radius 1 is 1.12 bits per heavy atom. The number of H-pyrrole nitrogens is 1. The molecule has 5 heteroatoms. The van der Waals surface area contributed by atoms with Crippen LogP contribution in [0.5, 0.6) is 0 Å². The highest BCUT2D eigenvalue weighted by Gasteiger charge is 2.12. The summed E-state index contributed by atoms with van der Waals surface area (Å²) in [6.07, 6.45) is 1.70. The van der Waals surface area contributed by atoms with E-state index in [0.717, 1.165) is 32.8 Å². The molecule has 0 radical (unpaired) electrons. The highest BCUT2D eigenvalue weighted by molar-refractivity contribution is 6.34. The third-order valence-electron chi connectivity index (χ3n) is 4.16. The van der Waals surface area contributed by atoms with Crippen LogP contribution < -0.4 is 5.32 Å². The second kappa shape index (κ2) is 5.65. The van der Waals surface area contributed by atoms with E-state index >= 15 is 0 Å². The van der Waals surface area contributed by atoms with E-state index in [4.69, 9.17) is 11.6 Å². The molecule has 0 unspecified atom stereocenters. The molecule has 4 nitrogen and oxygen atoms in total. The topological polar surface area (TPSA) is 57.8 Å². The van der Waals surface area contributed by atoms with Crippen molar-refractivity contribution in [3.63, 3.8) is 0 Å². The molecule has 0 aliphatic rings. The maximum atomic E-state index is 11.9. The van der Waals surface area contributed by atoms with Crippen molar-refractivity contribution >= 4 is 39.2 Å². The minimum Gasteiger partial charge on any atom is -0.354 e. The largest absolute Gasteiger partial charge is 0.354 e. The van der Waals surface area contributed by atoms with Crippen molar-refractivity contribution in [1.29, 1.82) is 0 Å². The van der Waals surface area contributed by atoms with Gasteiger partial charge in [-0.25, -0.2) is 4.98 Å². The second-order valence-electron chi connectivity index (χ2n) is 5.57. The summed E-state index contributed by atoms with van der Waals surface area (Å²) in [7, 11) is 1.62. The van der Waals surface area contributed by atoms with Crippen molar-refractivity contribution in [2.24, 2.45) is 0 Å². The van der Waals surface area contributed by atoms with E-state index in [1.165, 1.54) is 0 Å². The number of hydrogen-bond donors (Lipinski definition) is 2. The minimum atomic E-state index is -0.131. The number of carbonyl (C=O) groups excluding carboxylic acids is 1. The number of hydrogen-bond acceptors (Lipinski definition) is 2. The van der Waals surface area contributed by atoms with Gasteiger partial charge in [0.1, 0.15) is 10.8 Å². The van der Waals surface area contributed by atoms with Crippen molar-refractivity contribution in [3.8, 4) is 11.1 Å². The predicted molar refractivity (Wildman–Crippen MR) is 97.4 cm³/mol. The molecule has 0 saturated heterocycles. The summed E-state index contributed by atoms with van der Waals surface area (Å²) in [5, 5.41) is 6.11. The number of amides is 1. The first-order valence-electron chi connectivity index (χ1n) is 7.56. The van der Waals surface area contributed by atoms with Crippen LogP contribution in [-0.4, -0.2) is 22.9 Å². The van der Waals surface area contributed by atoms with Crippen LogP contribution >= 0.6 is 11.6 Å². The van der Waals surface area contributed by atoms with Crippen molar-refractivity contribution < 1.29 is 4.79 Å². The van der Waals surface area contributed by atoms with Crippen LogP contribution in [0, 0.1) is 0 Å². The van der Waals surface area contributed by atoms with E-state index in [1.807, 2.05) is 42.5 Å². The van der Waals surface area contributed by atoms with Gasteiger partial charge in [-0.05, 0) is 40.8 Å². The molecule has 118 valence electrons. The molecular weight excluding hydrogens is 322 g/mol. The lowest BCUT2D eigenvalue weighted by Crippen LogP contribution is -2.17. The van der Waals surface area contributed by atoms with Gasteiger partial charge in [-0.3, -0.25) is 4.79 Å². The highest BCUT2D eigenvalue weighted by atomic mass is 35.5. The number of pyridine rings is 1. The fourth-order valence-electron chi connectivity index (χ4n) is 2.97. The number of rotatable bonds is 2. The van der Waals surface area contributed by atoms with Crippen LogP contribution in [0.2, 0.25) is 5.15 Å². The molecule has 0 aliphatic heterocycles. The first kappa shape index (κ1) is 14.7. The predicted octanol–water partition coefficient (Wildman–Crippen LogP) is 4.40. The lowest BCUT2D eigenvalue weighted by Gasteiger charge is -2.06. The normalized spacial score (nSPS) is 11.1. The third-order valence-corrected chi connectivity index (χ3v) is 4.46. The SMILES string of the molecule is CNC(=O)c1cc2c(-c3ccc4c(Cl)nccc4c3)cccc2[nH]1. The average molecular weight is 336 g/mol. The smallest absolute Gasteiger partial charge is 0.267 e. The molecule has 2 heterocycles. The number of fused-ring (bicyclic) bond motifs is 2. The molecule has 4 rings (SSSR count). The van der Waals surface area contributed by atoms with Crippen molar-refractivity contribution in [3.05, 3.63) is 65.6 Å². The Morgan fingerprint density at radius 2 is 2.00 bits per heavy atom. The van der Waals surface area contributed by atoms with Crippen molar-refractivity contribution in [2.75, 3.05) is 7.05 Å². The summed E-state index contributed by atoms with van der Waals surface area (Å²) in [5.41, 5.74) is 3.61. The molecular formula is C19H14ClN3O. The molecule has 1 amide bonds. The Morgan fingerprint density at radius 3 is 2.83 bits per heavy atom. The summed E-state index contributed by atoms with van der Waals surface area (Å²) in [6.45, 7) is 0. The van der Waals surface area contributed by atoms with Gasteiger partial charge in [0.15, 0.2) is 0 Å². The molecule has 0 atom stereocenters. The lowest BCUT2D eigenvalue weighted by molar-refractivity contribution is 0.0959. The summed E-state index contributed by atoms with van der Waals surface area (Å²) in [5.74, 6) is -0.131.